The number of thioether (sulfide) groups is 1. The second kappa shape index (κ2) is 8.43. The average molecular weight is 368 g/mol. The third-order valence-electron chi connectivity index (χ3n) is 4.58. The maximum atomic E-state index is 5.23. The highest BCUT2D eigenvalue weighted by molar-refractivity contribution is 7.98. The van der Waals surface area contributed by atoms with Gasteiger partial charge in [-0.3, -0.25) is 0 Å². The summed E-state index contributed by atoms with van der Waals surface area (Å²) >= 11 is 1.77. The summed E-state index contributed by atoms with van der Waals surface area (Å²) in [4.78, 5) is 1.29. The molecule has 3 aromatic rings. The number of nitrogens with zero attached hydrogens (tertiary/aromatic N) is 2. The molecule has 1 heterocycles. The van der Waals surface area contributed by atoms with E-state index in [1.807, 2.05) is 35.1 Å². The van der Waals surface area contributed by atoms with Gasteiger partial charge in [0.05, 0.1) is 19.0 Å². The largest absolute Gasteiger partial charge is 0.497 e. The van der Waals surface area contributed by atoms with Gasteiger partial charge in [0.2, 0.25) is 0 Å². The average Bonchev–Trinajstić information content (AvgIpc) is 3.07. The number of rotatable bonds is 7. The zero-order valence-electron chi connectivity index (χ0n) is 15.7. The van der Waals surface area contributed by atoms with Gasteiger partial charge in [-0.2, -0.15) is 5.10 Å². The van der Waals surface area contributed by atoms with Crippen molar-refractivity contribution in [3.63, 3.8) is 0 Å². The predicted molar refractivity (Wildman–Crippen MR) is 108 cm³/mol. The minimum atomic E-state index is 0.222. The molecule has 1 N–H and O–H groups in total. The van der Waals surface area contributed by atoms with Gasteiger partial charge in [-0.05, 0) is 62.1 Å². The second-order valence-corrected chi connectivity index (χ2v) is 7.13. The lowest BCUT2D eigenvalue weighted by Gasteiger charge is -2.14. The Morgan fingerprint density at radius 1 is 1.19 bits per heavy atom. The third kappa shape index (κ3) is 4.11. The van der Waals surface area contributed by atoms with E-state index in [2.05, 4.69) is 54.8 Å². The highest BCUT2D eigenvalue weighted by Gasteiger charge is 2.14. The molecule has 0 spiro atoms. The summed E-state index contributed by atoms with van der Waals surface area (Å²) in [6.45, 7) is 5.13. The van der Waals surface area contributed by atoms with Gasteiger partial charge in [0.15, 0.2) is 0 Å². The number of methoxy groups -OCH3 is 1. The van der Waals surface area contributed by atoms with Gasteiger partial charge in [-0.25, -0.2) is 4.68 Å². The standard InChI is InChI=1S/C21H25N3OS/c1-15(22-13-17-6-5-7-20(12-17)26-4)21-14-23-24(16(21)2)18-8-10-19(25-3)11-9-18/h5-12,14-15,22H,13H2,1-4H3/t15-/m0/s1. The lowest BCUT2D eigenvalue weighted by molar-refractivity contribution is 0.414. The SMILES string of the molecule is COc1ccc(-n2ncc([C@H](C)NCc3cccc(SC)c3)c2C)cc1. The molecule has 0 aliphatic rings. The van der Waals surface area contributed by atoms with E-state index in [-0.39, 0.29) is 6.04 Å². The molecule has 136 valence electrons. The Kier molecular flexibility index (Phi) is 6.01. The third-order valence-corrected chi connectivity index (χ3v) is 5.30. The van der Waals surface area contributed by atoms with E-state index in [0.29, 0.717) is 0 Å². The summed E-state index contributed by atoms with van der Waals surface area (Å²) in [6.07, 6.45) is 4.06. The molecule has 1 atom stereocenters. The smallest absolute Gasteiger partial charge is 0.119 e. The molecule has 2 aromatic carbocycles. The Morgan fingerprint density at radius 3 is 2.65 bits per heavy atom. The highest BCUT2D eigenvalue weighted by atomic mass is 32.2. The Balaban J connectivity index is 1.71. The van der Waals surface area contributed by atoms with Crippen LogP contribution < -0.4 is 10.1 Å². The first-order chi connectivity index (χ1) is 12.6. The lowest BCUT2D eigenvalue weighted by atomic mass is 10.1. The van der Waals surface area contributed by atoms with Crippen LogP contribution in [0.3, 0.4) is 0 Å². The predicted octanol–water partition coefficient (Wildman–Crippen LogP) is 4.76. The van der Waals surface area contributed by atoms with E-state index in [4.69, 9.17) is 4.74 Å². The molecule has 4 nitrogen and oxygen atoms in total. The van der Waals surface area contributed by atoms with Crippen LogP contribution in [0.5, 0.6) is 5.75 Å². The highest BCUT2D eigenvalue weighted by Crippen LogP contribution is 2.22. The van der Waals surface area contributed by atoms with Gasteiger partial charge in [-0.15, -0.1) is 11.8 Å². The summed E-state index contributed by atoms with van der Waals surface area (Å²) in [5.74, 6) is 0.848. The fourth-order valence-corrected chi connectivity index (χ4v) is 3.48. The van der Waals surface area contributed by atoms with Crippen molar-refractivity contribution < 1.29 is 4.74 Å². The van der Waals surface area contributed by atoms with E-state index < -0.39 is 0 Å². The number of ether oxygens (including phenoxy) is 1. The molecule has 0 unspecified atom stereocenters. The minimum absolute atomic E-state index is 0.222. The monoisotopic (exact) mass is 367 g/mol. The summed E-state index contributed by atoms with van der Waals surface area (Å²) < 4.78 is 7.20. The molecular formula is C21H25N3OS. The van der Waals surface area contributed by atoms with Crippen molar-refractivity contribution in [3.05, 3.63) is 71.5 Å². The zero-order valence-corrected chi connectivity index (χ0v) is 16.5. The molecule has 0 radical (unpaired) electrons. The van der Waals surface area contributed by atoms with Gasteiger partial charge < -0.3 is 10.1 Å². The van der Waals surface area contributed by atoms with Crippen LogP contribution in [0.25, 0.3) is 5.69 Å². The van der Waals surface area contributed by atoms with Gasteiger partial charge in [0.25, 0.3) is 0 Å². The van der Waals surface area contributed by atoms with Crippen LogP contribution in [0.2, 0.25) is 0 Å². The molecule has 3 rings (SSSR count). The first-order valence-corrected chi connectivity index (χ1v) is 9.90. The second-order valence-electron chi connectivity index (χ2n) is 6.25. The van der Waals surface area contributed by atoms with E-state index in [0.717, 1.165) is 23.7 Å². The first kappa shape index (κ1) is 18.5. The summed E-state index contributed by atoms with van der Waals surface area (Å²) in [5, 5.41) is 8.19. The summed E-state index contributed by atoms with van der Waals surface area (Å²) in [5.41, 5.74) is 4.69. The van der Waals surface area contributed by atoms with Crippen molar-refractivity contribution in [3.8, 4) is 11.4 Å². The number of hydrogen-bond acceptors (Lipinski definition) is 4. The Bertz CT molecular complexity index is 858. The molecule has 0 fully saturated rings. The molecule has 0 amide bonds. The van der Waals surface area contributed by atoms with Crippen LogP contribution >= 0.6 is 11.8 Å². The Morgan fingerprint density at radius 2 is 1.96 bits per heavy atom. The van der Waals surface area contributed by atoms with Crippen LogP contribution in [0.4, 0.5) is 0 Å². The van der Waals surface area contributed by atoms with Crippen molar-refractivity contribution >= 4 is 11.8 Å². The maximum absolute atomic E-state index is 5.23. The summed E-state index contributed by atoms with van der Waals surface area (Å²) in [7, 11) is 1.68. The summed E-state index contributed by atoms with van der Waals surface area (Å²) in [6, 6.07) is 16.8. The fourth-order valence-electron chi connectivity index (χ4n) is 2.99. The van der Waals surface area contributed by atoms with Gasteiger partial charge in [-0.1, -0.05) is 12.1 Å². The number of nitrogens with one attached hydrogen (secondary N) is 1. The van der Waals surface area contributed by atoms with Crippen LogP contribution in [-0.2, 0) is 6.54 Å². The Hall–Kier alpha value is -2.24. The molecule has 0 saturated carbocycles. The molecule has 0 saturated heterocycles. The van der Waals surface area contributed by atoms with Gasteiger partial charge >= 0.3 is 0 Å². The fraction of sp³-hybridized carbons (Fsp3) is 0.286. The van der Waals surface area contributed by atoms with E-state index in [1.165, 1.54) is 16.0 Å². The van der Waals surface area contributed by atoms with Crippen molar-refractivity contribution in [1.82, 2.24) is 15.1 Å². The molecule has 0 aliphatic heterocycles. The van der Waals surface area contributed by atoms with Crippen LogP contribution in [0, 0.1) is 6.92 Å². The molecule has 1 aromatic heterocycles. The first-order valence-electron chi connectivity index (χ1n) is 8.67. The lowest BCUT2D eigenvalue weighted by Crippen LogP contribution is -2.18. The number of hydrogen-bond donors (Lipinski definition) is 1. The molecular weight excluding hydrogens is 342 g/mol. The zero-order chi connectivity index (χ0) is 18.5. The molecule has 5 heteroatoms. The number of benzene rings is 2. The van der Waals surface area contributed by atoms with Crippen molar-refractivity contribution in [2.45, 2.75) is 31.3 Å². The quantitative estimate of drug-likeness (QED) is 0.611. The van der Waals surface area contributed by atoms with E-state index >= 15 is 0 Å². The molecule has 26 heavy (non-hydrogen) atoms. The minimum Gasteiger partial charge on any atom is -0.497 e. The Labute approximate surface area is 159 Å². The van der Waals surface area contributed by atoms with Crippen molar-refractivity contribution in [2.75, 3.05) is 13.4 Å². The number of aromatic nitrogens is 2. The van der Waals surface area contributed by atoms with Crippen molar-refractivity contribution in [2.24, 2.45) is 0 Å². The van der Waals surface area contributed by atoms with Crippen molar-refractivity contribution in [1.29, 1.82) is 0 Å². The van der Waals surface area contributed by atoms with Gasteiger partial charge in [0, 0.05) is 28.7 Å². The molecule has 0 aliphatic carbocycles. The van der Waals surface area contributed by atoms with Crippen LogP contribution in [0.1, 0.15) is 29.8 Å². The van der Waals surface area contributed by atoms with Crippen LogP contribution in [-0.4, -0.2) is 23.1 Å². The van der Waals surface area contributed by atoms with Gasteiger partial charge in [0.1, 0.15) is 5.75 Å². The maximum Gasteiger partial charge on any atom is 0.119 e. The van der Waals surface area contributed by atoms with E-state index in [1.54, 1.807) is 18.9 Å². The van der Waals surface area contributed by atoms with E-state index in [9.17, 15) is 0 Å². The normalized spacial score (nSPS) is 12.2. The molecule has 0 bridgehead atoms. The topological polar surface area (TPSA) is 39.1 Å². The van der Waals surface area contributed by atoms with Crippen LogP contribution in [0.15, 0.2) is 59.6 Å².